The highest BCUT2D eigenvalue weighted by Crippen LogP contribution is 2.30. The molecule has 1 aromatic carbocycles. The van der Waals surface area contributed by atoms with Crippen molar-refractivity contribution in [2.24, 2.45) is 0 Å². The van der Waals surface area contributed by atoms with Gasteiger partial charge < -0.3 is 14.6 Å². The molecule has 2 amide bonds. The van der Waals surface area contributed by atoms with E-state index >= 15 is 0 Å². The van der Waals surface area contributed by atoms with Gasteiger partial charge in [-0.1, -0.05) is 29.5 Å². The van der Waals surface area contributed by atoms with E-state index in [9.17, 15) is 9.59 Å². The van der Waals surface area contributed by atoms with Crippen molar-refractivity contribution in [1.29, 1.82) is 0 Å². The minimum atomic E-state index is -0.585. The first-order valence-electron chi connectivity index (χ1n) is 9.87. The van der Waals surface area contributed by atoms with Crippen LogP contribution in [-0.4, -0.2) is 57.5 Å². The number of thiol groups is 1. The molecule has 164 valence electrons. The summed E-state index contributed by atoms with van der Waals surface area (Å²) in [5.74, 6) is -1.13. The third kappa shape index (κ3) is 3.90. The van der Waals surface area contributed by atoms with Gasteiger partial charge in [-0.15, -0.1) is 5.10 Å². The molecule has 5 rings (SSSR count). The van der Waals surface area contributed by atoms with Gasteiger partial charge in [0.2, 0.25) is 0 Å². The fraction of sp³-hybridized carbons (Fsp3) is 0.250. The lowest BCUT2D eigenvalue weighted by Crippen LogP contribution is -2.42. The first-order chi connectivity index (χ1) is 15.5. The third-order valence-corrected chi connectivity index (χ3v) is 5.99. The number of fused-ring (bicyclic) bond motifs is 1. The molecule has 0 aliphatic carbocycles. The molecule has 0 atom stereocenters. The average Bonchev–Trinajstić information content (AvgIpc) is 3.40. The zero-order valence-electron chi connectivity index (χ0n) is 16.7. The highest BCUT2D eigenvalue weighted by Gasteiger charge is 2.33. The second-order valence-electron chi connectivity index (χ2n) is 7.37. The fourth-order valence-electron chi connectivity index (χ4n) is 3.73. The number of nitrogens with zero attached hydrogens (tertiary/aromatic N) is 6. The van der Waals surface area contributed by atoms with E-state index in [1.54, 1.807) is 30.6 Å². The largest absolute Gasteiger partial charge is 0.398 e. The zero-order chi connectivity index (χ0) is 22.2. The Morgan fingerprint density at radius 1 is 1.16 bits per heavy atom. The van der Waals surface area contributed by atoms with E-state index in [0.29, 0.717) is 16.3 Å². The second kappa shape index (κ2) is 8.41. The molecule has 2 aromatic heterocycles. The molecule has 2 aliphatic rings. The highest BCUT2D eigenvalue weighted by molar-refractivity contribution is 7.77. The minimum absolute atomic E-state index is 0.0521. The first-order valence-corrected chi connectivity index (χ1v) is 10.7. The van der Waals surface area contributed by atoms with Crippen molar-refractivity contribution in [3.8, 4) is 0 Å². The van der Waals surface area contributed by atoms with Gasteiger partial charge in [0.15, 0.2) is 0 Å². The van der Waals surface area contributed by atoms with Gasteiger partial charge in [-0.3, -0.25) is 19.5 Å². The standard InChI is InChI=1S/C20H18ClN7O3S/c21-13-1-2-14-12(9-13)11-28(19(14)30)20-25-24-18(31-20)17(29)23-15-10-22-4-3-16(15)26-5-7-27(32)8-6-26/h1-4,9-10,32H,5-8,11H2,(H,23,29). The Morgan fingerprint density at radius 2 is 1.97 bits per heavy atom. The lowest BCUT2D eigenvalue weighted by atomic mass is 10.1. The van der Waals surface area contributed by atoms with Crippen LogP contribution < -0.4 is 15.1 Å². The normalized spacial score (nSPS) is 16.4. The monoisotopic (exact) mass is 471 g/mol. The summed E-state index contributed by atoms with van der Waals surface area (Å²) in [6, 6.07) is 6.81. The summed E-state index contributed by atoms with van der Waals surface area (Å²) in [6.45, 7) is 3.36. The summed E-state index contributed by atoms with van der Waals surface area (Å²) in [5, 5.41) is 11.0. The van der Waals surface area contributed by atoms with Gasteiger partial charge in [0.1, 0.15) is 0 Å². The van der Waals surface area contributed by atoms with Crippen molar-refractivity contribution >= 4 is 53.6 Å². The molecule has 1 saturated heterocycles. The topological polar surface area (TPSA) is 108 Å². The maximum absolute atomic E-state index is 12.8. The molecule has 2 aliphatic heterocycles. The van der Waals surface area contributed by atoms with E-state index in [2.05, 4.69) is 38.2 Å². The lowest BCUT2D eigenvalue weighted by Gasteiger charge is -2.34. The number of amides is 2. The molecule has 12 heteroatoms. The van der Waals surface area contributed by atoms with Crippen molar-refractivity contribution in [2.45, 2.75) is 6.54 Å². The quantitative estimate of drug-likeness (QED) is 0.559. The third-order valence-electron chi connectivity index (χ3n) is 5.35. The summed E-state index contributed by atoms with van der Waals surface area (Å²) >= 11 is 10.4. The van der Waals surface area contributed by atoms with Crippen molar-refractivity contribution in [1.82, 2.24) is 19.5 Å². The van der Waals surface area contributed by atoms with Gasteiger partial charge in [-0.25, -0.2) is 4.31 Å². The van der Waals surface area contributed by atoms with E-state index in [1.807, 2.05) is 10.4 Å². The van der Waals surface area contributed by atoms with Crippen LogP contribution in [0.15, 0.2) is 41.1 Å². The molecule has 32 heavy (non-hydrogen) atoms. The summed E-state index contributed by atoms with van der Waals surface area (Å²) in [5.41, 5.74) is 2.65. The van der Waals surface area contributed by atoms with Crippen LogP contribution in [0.4, 0.5) is 17.4 Å². The van der Waals surface area contributed by atoms with Crippen molar-refractivity contribution < 1.29 is 14.0 Å². The molecular weight excluding hydrogens is 454 g/mol. The van der Waals surface area contributed by atoms with Crippen LogP contribution in [0.25, 0.3) is 0 Å². The molecule has 0 bridgehead atoms. The van der Waals surface area contributed by atoms with Crippen LogP contribution in [0.5, 0.6) is 0 Å². The van der Waals surface area contributed by atoms with Gasteiger partial charge in [-0.2, -0.15) is 0 Å². The maximum atomic E-state index is 12.8. The number of aromatic nitrogens is 3. The molecule has 0 saturated carbocycles. The van der Waals surface area contributed by atoms with Crippen LogP contribution in [-0.2, 0) is 6.54 Å². The smallest absolute Gasteiger partial charge is 0.326 e. The molecule has 3 aromatic rings. The minimum Gasteiger partial charge on any atom is -0.398 e. The number of pyridine rings is 1. The molecule has 0 radical (unpaired) electrons. The Labute approximate surface area is 193 Å². The van der Waals surface area contributed by atoms with Crippen molar-refractivity contribution in [2.75, 3.05) is 41.3 Å². The Kier molecular flexibility index (Phi) is 5.45. The van der Waals surface area contributed by atoms with Crippen molar-refractivity contribution in [3.63, 3.8) is 0 Å². The summed E-state index contributed by atoms with van der Waals surface area (Å²) in [6.07, 6.45) is 3.24. The second-order valence-corrected chi connectivity index (χ2v) is 8.37. The number of rotatable bonds is 4. The number of anilines is 3. The highest BCUT2D eigenvalue weighted by atomic mass is 35.5. The summed E-state index contributed by atoms with van der Waals surface area (Å²) < 4.78 is 7.47. The van der Waals surface area contributed by atoms with Crippen LogP contribution >= 0.6 is 24.4 Å². The van der Waals surface area contributed by atoms with E-state index in [0.717, 1.165) is 37.4 Å². The lowest BCUT2D eigenvalue weighted by molar-refractivity contribution is 0.0972. The Bertz CT molecular complexity index is 1200. The number of carbonyl (C=O) groups excluding carboxylic acids is 2. The van der Waals surface area contributed by atoms with Crippen LogP contribution in [0.2, 0.25) is 5.02 Å². The SMILES string of the molecule is O=C(Nc1cnccc1N1CCN(S)CC1)c1nnc(N2Cc3cc(Cl)ccc3C2=O)o1. The molecule has 1 fully saturated rings. The summed E-state index contributed by atoms with van der Waals surface area (Å²) in [4.78, 5) is 33.0. The Morgan fingerprint density at radius 3 is 2.78 bits per heavy atom. The number of benzene rings is 1. The number of halogens is 1. The van der Waals surface area contributed by atoms with Crippen LogP contribution in [0.1, 0.15) is 26.6 Å². The fourth-order valence-corrected chi connectivity index (χ4v) is 4.11. The Balaban J connectivity index is 1.32. The predicted molar refractivity (Wildman–Crippen MR) is 121 cm³/mol. The van der Waals surface area contributed by atoms with E-state index in [4.69, 9.17) is 16.0 Å². The number of hydrogen-bond acceptors (Lipinski definition) is 9. The van der Waals surface area contributed by atoms with E-state index < -0.39 is 5.91 Å². The van der Waals surface area contributed by atoms with Gasteiger partial charge in [0, 0.05) is 43.0 Å². The molecule has 4 heterocycles. The number of carbonyl (C=O) groups is 2. The van der Waals surface area contributed by atoms with Crippen LogP contribution in [0, 0.1) is 0 Å². The summed E-state index contributed by atoms with van der Waals surface area (Å²) in [7, 11) is 0. The van der Waals surface area contributed by atoms with E-state index in [-0.39, 0.29) is 24.4 Å². The van der Waals surface area contributed by atoms with Gasteiger partial charge in [0.25, 0.3) is 5.91 Å². The van der Waals surface area contributed by atoms with Gasteiger partial charge in [-0.05, 0) is 29.8 Å². The average molecular weight is 472 g/mol. The predicted octanol–water partition coefficient (Wildman–Crippen LogP) is 2.50. The first kappa shape index (κ1) is 20.7. The number of nitrogens with one attached hydrogen (secondary N) is 1. The van der Waals surface area contributed by atoms with E-state index in [1.165, 1.54) is 4.90 Å². The molecule has 10 nitrogen and oxygen atoms in total. The number of hydrogen-bond donors (Lipinski definition) is 2. The molecule has 0 unspecified atom stereocenters. The van der Waals surface area contributed by atoms with Gasteiger partial charge in [0.05, 0.1) is 24.1 Å². The molecular formula is C20H18ClN7O3S. The van der Waals surface area contributed by atoms with Crippen LogP contribution in [0.3, 0.4) is 0 Å². The zero-order valence-corrected chi connectivity index (χ0v) is 18.4. The number of piperazine rings is 1. The van der Waals surface area contributed by atoms with Gasteiger partial charge >= 0.3 is 17.8 Å². The Hall–Kier alpha value is -3.15. The van der Waals surface area contributed by atoms with Crippen molar-refractivity contribution in [3.05, 3.63) is 58.7 Å². The molecule has 0 spiro atoms. The maximum Gasteiger partial charge on any atom is 0.326 e. The molecule has 1 N–H and O–H groups in total.